The lowest BCUT2D eigenvalue weighted by Gasteiger charge is -2.50. The molecule has 3 aromatic heterocycles. The summed E-state index contributed by atoms with van der Waals surface area (Å²) in [7, 11) is 0. The molecule has 12 rings (SSSR count). The second kappa shape index (κ2) is 13.0. The zero-order valence-corrected chi connectivity index (χ0v) is 31.6. The minimum atomic E-state index is -0.159. The molecule has 11 aromatic rings. The Hall–Kier alpha value is -6.54. The molecule has 1 saturated heterocycles. The van der Waals surface area contributed by atoms with Crippen molar-refractivity contribution in [3.05, 3.63) is 204 Å². The van der Waals surface area contributed by atoms with Gasteiger partial charge in [-0.15, -0.1) is 11.3 Å². The summed E-state index contributed by atoms with van der Waals surface area (Å²) in [6.45, 7) is 0. The van der Waals surface area contributed by atoms with Gasteiger partial charge in [-0.2, -0.15) is 0 Å². The number of fused-ring (bicyclic) bond motifs is 9. The fourth-order valence-electron chi connectivity index (χ4n) is 8.97. The Morgan fingerprint density at radius 2 is 1.11 bits per heavy atom. The highest BCUT2D eigenvalue weighted by Crippen LogP contribution is 2.44. The molecule has 4 heterocycles. The molecule has 0 aliphatic carbocycles. The lowest BCUT2D eigenvalue weighted by Crippen LogP contribution is -2.44. The van der Waals surface area contributed by atoms with Crippen LogP contribution in [0.25, 0.3) is 86.0 Å². The third kappa shape index (κ3) is 5.34. The zero-order valence-electron chi connectivity index (χ0n) is 30.8. The van der Waals surface area contributed by atoms with Crippen molar-refractivity contribution in [1.82, 2.24) is 15.2 Å². The lowest BCUT2D eigenvalue weighted by molar-refractivity contribution is 0.318. The molecule has 8 aromatic carbocycles. The minimum Gasteiger partial charge on any atom is -0.624 e. The van der Waals surface area contributed by atoms with Crippen molar-refractivity contribution in [2.24, 2.45) is 0 Å². The van der Waals surface area contributed by atoms with Crippen molar-refractivity contribution < 1.29 is 4.42 Å². The summed E-state index contributed by atoms with van der Waals surface area (Å²) in [6.07, 6.45) is -0.440. The Balaban J connectivity index is 0.947. The summed E-state index contributed by atoms with van der Waals surface area (Å²) in [5.74, 6) is 0. The number of hydrogen-bond donors (Lipinski definition) is 2. The van der Waals surface area contributed by atoms with E-state index in [2.05, 4.69) is 197 Å². The van der Waals surface area contributed by atoms with Gasteiger partial charge in [0.05, 0.1) is 17.2 Å². The monoisotopic (exact) mass is 751 g/mol. The standard InChI is InChI=1S/C51H35N4OS/c1-3-12-31(13-4-1)49-52-50(32-14-5-2-6-15-32)54-51(53-49)39-18-11-21-47-48(39)41-29-34(23-27-46(41)57-47)33-22-26-44-40(28-33)38-25-24-35(30-45(38)56-44)55-42-19-9-7-16-36(42)37-17-8-10-20-43(37)55/h1-30,49-51,53-54H/q-1. The third-order valence-electron chi connectivity index (χ3n) is 11.6. The van der Waals surface area contributed by atoms with Gasteiger partial charge in [0.15, 0.2) is 0 Å². The van der Waals surface area contributed by atoms with Gasteiger partial charge in [0.25, 0.3) is 0 Å². The number of aromatic nitrogens is 1. The van der Waals surface area contributed by atoms with Gasteiger partial charge < -0.3 is 24.9 Å². The number of thiophene rings is 1. The molecule has 1 aliphatic heterocycles. The van der Waals surface area contributed by atoms with Gasteiger partial charge in [-0.3, -0.25) is 0 Å². The van der Waals surface area contributed by atoms with Crippen LogP contribution >= 0.6 is 11.3 Å². The van der Waals surface area contributed by atoms with Crippen LogP contribution in [0.4, 0.5) is 0 Å². The second-order valence-corrected chi connectivity index (χ2v) is 16.0. The van der Waals surface area contributed by atoms with Crippen molar-refractivity contribution in [2.45, 2.75) is 18.5 Å². The Bertz CT molecular complexity index is 3210. The van der Waals surface area contributed by atoms with E-state index in [1.54, 1.807) is 0 Å². The van der Waals surface area contributed by atoms with Crippen LogP contribution in [-0.4, -0.2) is 4.57 Å². The summed E-state index contributed by atoms with van der Waals surface area (Å²) < 4.78 is 11.4. The number of benzene rings is 8. The van der Waals surface area contributed by atoms with E-state index < -0.39 is 0 Å². The Labute approximate surface area is 332 Å². The smallest absolute Gasteiger partial charge is 0.137 e. The van der Waals surface area contributed by atoms with Crippen LogP contribution in [0.2, 0.25) is 0 Å². The van der Waals surface area contributed by atoms with Crippen molar-refractivity contribution in [3.63, 3.8) is 0 Å². The molecule has 2 N–H and O–H groups in total. The van der Waals surface area contributed by atoms with Crippen LogP contribution in [0.5, 0.6) is 0 Å². The second-order valence-electron chi connectivity index (χ2n) is 14.9. The van der Waals surface area contributed by atoms with E-state index >= 15 is 0 Å². The van der Waals surface area contributed by atoms with Crippen LogP contribution < -0.4 is 10.6 Å². The van der Waals surface area contributed by atoms with E-state index in [0.29, 0.717) is 0 Å². The fraction of sp³-hybridized carbons (Fsp3) is 0.0588. The number of nitrogens with zero attached hydrogens (tertiary/aromatic N) is 2. The van der Waals surface area contributed by atoms with Crippen LogP contribution in [0.15, 0.2) is 186 Å². The number of furan rings is 1. The zero-order chi connectivity index (χ0) is 37.5. The minimum absolute atomic E-state index is 0.121. The van der Waals surface area contributed by atoms with Crippen LogP contribution in [0.3, 0.4) is 0 Å². The quantitative estimate of drug-likeness (QED) is 0.184. The Morgan fingerprint density at radius 3 is 1.81 bits per heavy atom. The summed E-state index contributed by atoms with van der Waals surface area (Å²) in [6, 6.07) is 65.2. The molecule has 0 spiro atoms. The first-order chi connectivity index (χ1) is 28.2. The average molecular weight is 752 g/mol. The highest BCUT2D eigenvalue weighted by molar-refractivity contribution is 7.25. The molecule has 0 radical (unpaired) electrons. The van der Waals surface area contributed by atoms with Crippen molar-refractivity contribution in [2.75, 3.05) is 0 Å². The van der Waals surface area contributed by atoms with Crippen LogP contribution in [0, 0.1) is 0 Å². The van der Waals surface area contributed by atoms with E-state index in [1.807, 2.05) is 11.3 Å². The number of nitrogens with one attached hydrogen (secondary N) is 2. The van der Waals surface area contributed by atoms with Gasteiger partial charge in [-0.05, 0) is 71.3 Å². The molecule has 5 nitrogen and oxygen atoms in total. The summed E-state index contributed by atoms with van der Waals surface area (Å²) >= 11 is 1.85. The highest BCUT2D eigenvalue weighted by Gasteiger charge is 2.25. The van der Waals surface area contributed by atoms with Gasteiger partial charge >= 0.3 is 0 Å². The topological polar surface area (TPSA) is 56.2 Å². The Morgan fingerprint density at radius 1 is 0.474 bits per heavy atom. The lowest BCUT2D eigenvalue weighted by atomic mass is 9.97. The van der Waals surface area contributed by atoms with E-state index in [9.17, 15) is 0 Å². The van der Waals surface area contributed by atoms with E-state index in [4.69, 9.17) is 9.73 Å². The summed E-state index contributed by atoms with van der Waals surface area (Å²) in [5, 5.41) is 20.2. The molecule has 2 atom stereocenters. The van der Waals surface area contributed by atoms with E-state index in [-0.39, 0.29) is 18.5 Å². The predicted molar refractivity (Wildman–Crippen MR) is 237 cm³/mol. The first-order valence-corrected chi connectivity index (χ1v) is 20.3. The van der Waals surface area contributed by atoms with Gasteiger partial charge in [0.1, 0.15) is 11.2 Å². The first kappa shape index (κ1) is 32.7. The molecule has 1 fully saturated rings. The normalized spacial score (nSPS) is 17.4. The maximum atomic E-state index is 6.55. The molecule has 1 aliphatic rings. The maximum absolute atomic E-state index is 6.55. The highest BCUT2D eigenvalue weighted by atomic mass is 32.1. The number of para-hydroxylation sites is 2. The molecule has 272 valence electrons. The maximum Gasteiger partial charge on any atom is 0.137 e. The average Bonchev–Trinajstić information content (AvgIpc) is 3.95. The van der Waals surface area contributed by atoms with Gasteiger partial charge in [0.2, 0.25) is 0 Å². The summed E-state index contributed by atoms with van der Waals surface area (Å²) in [4.78, 5) is 0. The first-order valence-electron chi connectivity index (χ1n) is 19.5. The van der Waals surface area contributed by atoms with Crippen molar-refractivity contribution in [1.29, 1.82) is 0 Å². The van der Waals surface area contributed by atoms with E-state index in [1.165, 1.54) is 53.1 Å². The molecular formula is C51H35N4OS-. The van der Waals surface area contributed by atoms with Crippen molar-refractivity contribution in [3.8, 4) is 16.8 Å². The molecule has 2 unspecified atom stereocenters. The molecule has 57 heavy (non-hydrogen) atoms. The largest absolute Gasteiger partial charge is 0.624 e. The van der Waals surface area contributed by atoms with Crippen molar-refractivity contribution >= 4 is 75.3 Å². The molecule has 6 heteroatoms. The SMILES string of the molecule is c1ccc(C2[N-]C(c3ccccc3)NC(c3cccc4sc5ccc(-c6ccc7oc8cc(-n9c%10ccccc%10c%10ccccc%109)ccc8c7c6)cc5c34)N2)cc1. The van der Waals surface area contributed by atoms with E-state index in [0.717, 1.165) is 44.3 Å². The van der Waals surface area contributed by atoms with Crippen LogP contribution in [-0.2, 0) is 0 Å². The third-order valence-corrected chi connectivity index (χ3v) is 12.8. The number of rotatable bonds is 5. The molecule has 0 saturated carbocycles. The fourth-order valence-corrected chi connectivity index (χ4v) is 10.1. The van der Waals surface area contributed by atoms with Crippen LogP contribution in [0.1, 0.15) is 35.2 Å². The number of hydrogen-bond acceptors (Lipinski definition) is 4. The predicted octanol–water partition coefficient (Wildman–Crippen LogP) is 13.7. The summed E-state index contributed by atoms with van der Waals surface area (Å²) in [5.41, 5.74) is 11.1. The van der Waals surface area contributed by atoms with Gasteiger partial charge in [-0.1, -0.05) is 145 Å². The Kier molecular flexibility index (Phi) is 7.46. The molecule has 0 amide bonds. The van der Waals surface area contributed by atoms with Gasteiger partial charge in [0, 0.05) is 53.5 Å². The van der Waals surface area contributed by atoms with Gasteiger partial charge in [-0.25, -0.2) is 0 Å². The molecular weight excluding hydrogens is 717 g/mol. The molecule has 0 bridgehead atoms.